The number of nitrogens with zero attached hydrogens (tertiary/aromatic N) is 3. The van der Waals surface area contributed by atoms with E-state index in [2.05, 4.69) is 10.3 Å². The number of rotatable bonds is 7. The highest BCUT2D eigenvalue weighted by molar-refractivity contribution is 7.86. The van der Waals surface area contributed by atoms with Crippen LogP contribution in [0.5, 0.6) is 0 Å². The standard InChI is InChI=1S/C24H24N6O3S/c1-29-22-11-10-19(34(31,32)33-30-13-12-16-4-2-3-5-21(16)30)14-20(22)28-23(29)15-27-18-8-6-17(7-9-18)24(25)26/h2-11,14,27H,12-13,15H2,1H3,(H3,25,26). The molecule has 0 amide bonds. The summed E-state index contributed by atoms with van der Waals surface area (Å²) in [5.74, 6) is 0.764. The van der Waals surface area contributed by atoms with E-state index in [4.69, 9.17) is 15.4 Å². The Morgan fingerprint density at radius 3 is 2.68 bits per heavy atom. The molecule has 5 rings (SSSR count). The van der Waals surface area contributed by atoms with E-state index in [-0.39, 0.29) is 10.7 Å². The van der Waals surface area contributed by atoms with Crippen LogP contribution in [0.1, 0.15) is 17.0 Å². The summed E-state index contributed by atoms with van der Waals surface area (Å²) >= 11 is 0. The zero-order chi connectivity index (χ0) is 23.9. The van der Waals surface area contributed by atoms with Crippen LogP contribution in [-0.4, -0.2) is 30.3 Å². The molecule has 1 aliphatic heterocycles. The molecule has 10 heteroatoms. The van der Waals surface area contributed by atoms with E-state index in [1.807, 2.05) is 48.0 Å². The molecule has 0 aliphatic carbocycles. The minimum Gasteiger partial charge on any atom is -0.384 e. The Morgan fingerprint density at radius 2 is 1.91 bits per heavy atom. The highest BCUT2D eigenvalue weighted by Crippen LogP contribution is 2.30. The van der Waals surface area contributed by atoms with E-state index < -0.39 is 10.1 Å². The van der Waals surface area contributed by atoms with E-state index in [1.54, 1.807) is 24.3 Å². The van der Waals surface area contributed by atoms with Gasteiger partial charge in [-0.1, -0.05) is 18.2 Å². The summed E-state index contributed by atoms with van der Waals surface area (Å²) in [6.45, 7) is 0.918. The minimum absolute atomic E-state index is 0.0191. The fourth-order valence-electron chi connectivity index (χ4n) is 4.04. The van der Waals surface area contributed by atoms with Crippen molar-refractivity contribution in [2.75, 3.05) is 16.9 Å². The third kappa shape index (κ3) is 4.09. The topological polar surface area (TPSA) is 126 Å². The Labute approximate surface area is 197 Å². The van der Waals surface area contributed by atoms with Gasteiger partial charge in [-0.2, -0.15) is 8.42 Å². The van der Waals surface area contributed by atoms with Gasteiger partial charge in [0, 0.05) is 18.3 Å². The highest BCUT2D eigenvalue weighted by Gasteiger charge is 2.27. The Bertz CT molecular complexity index is 1500. The third-order valence-corrected chi connectivity index (χ3v) is 7.12. The predicted octanol–water partition coefficient (Wildman–Crippen LogP) is 3.15. The van der Waals surface area contributed by atoms with Gasteiger partial charge in [0.05, 0.1) is 34.7 Å². The maximum absolute atomic E-state index is 13.0. The number of aryl methyl sites for hydroxylation is 1. The molecule has 4 N–H and O–H groups in total. The van der Waals surface area contributed by atoms with Crippen molar-refractivity contribution >= 4 is 38.4 Å². The van der Waals surface area contributed by atoms with Crippen molar-refractivity contribution < 1.29 is 12.7 Å². The number of hydrogen-bond acceptors (Lipinski definition) is 7. The van der Waals surface area contributed by atoms with Gasteiger partial charge in [0.15, 0.2) is 0 Å². The fraction of sp³-hybridized carbons (Fsp3) is 0.167. The molecule has 0 radical (unpaired) electrons. The zero-order valence-corrected chi connectivity index (χ0v) is 19.3. The number of para-hydroxylation sites is 1. The lowest BCUT2D eigenvalue weighted by atomic mass is 10.2. The molecule has 0 atom stereocenters. The maximum Gasteiger partial charge on any atom is 0.317 e. The van der Waals surface area contributed by atoms with Crippen molar-refractivity contribution in [3.63, 3.8) is 0 Å². The zero-order valence-electron chi connectivity index (χ0n) is 18.5. The molecule has 9 nitrogen and oxygen atoms in total. The van der Waals surface area contributed by atoms with Crippen molar-refractivity contribution in [2.45, 2.75) is 17.9 Å². The first-order valence-electron chi connectivity index (χ1n) is 10.8. The number of nitrogen functional groups attached to an aromatic ring is 1. The Balaban J connectivity index is 1.35. The summed E-state index contributed by atoms with van der Waals surface area (Å²) in [5, 5.41) is 12.2. The van der Waals surface area contributed by atoms with Crippen LogP contribution in [0.4, 0.5) is 11.4 Å². The van der Waals surface area contributed by atoms with Gasteiger partial charge in [-0.15, -0.1) is 4.28 Å². The largest absolute Gasteiger partial charge is 0.384 e. The quantitative estimate of drug-likeness (QED) is 0.276. The molecule has 0 unspecified atom stereocenters. The van der Waals surface area contributed by atoms with Crippen LogP contribution in [0, 0.1) is 5.41 Å². The fourth-order valence-corrected chi connectivity index (χ4v) is 5.01. The molecule has 0 spiro atoms. The molecular weight excluding hydrogens is 452 g/mol. The van der Waals surface area contributed by atoms with E-state index in [0.29, 0.717) is 24.2 Å². The lowest BCUT2D eigenvalue weighted by Crippen LogP contribution is -2.25. The van der Waals surface area contributed by atoms with Crippen LogP contribution in [-0.2, 0) is 34.4 Å². The number of nitrogens with one attached hydrogen (secondary N) is 2. The van der Waals surface area contributed by atoms with E-state index in [0.717, 1.165) is 34.7 Å². The normalized spacial score (nSPS) is 13.3. The van der Waals surface area contributed by atoms with Gasteiger partial charge in [-0.3, -0.25) is 5.41 Å². The van der Waals surface area contributed by atoms with Crippen molar-refractivity contribution in [1.82, 2.24) is 9.55 Å². The van der Waals surface area contributed by atoms with Crippen molar-refractivity contribution in [1.29, 1.82) is 5.41 Å². The Kier molecular flexibility index (Phi) is 5.46. The van der Waals surface area contributed by atoms with Gasteiger partial charge >= 0.3 is 10.1 Å². The number of hydroxylamine groups is 1. The van der Waals surface area contributed by atoms with E-state index >= 15 is 0 Å². The van der Waals surface area contributed by atoms with Crippen molar-refractivity contribution in [3.8, 4) is 0 Å². The molecule has 4 aromatic rings. The van der Waals surface area contributed by atoms with Crippen LogP contribution in [0.3, 0.4) is 0 Å². The molecular formula is C24H24N6O3S. The van der Waals surface area contributed by atoms with E-state index in [1.165, 1.54) is 11.1 Å². The van der Waals surface area contributed by atoms with Gasteiger partial charge < -0.3 is 15.6 Å². The molecule has 0 bridgehead atoms. The summed E-state index contributed by atoms with van der Waals surface area (Å²) in [7, 11) is -2.13. The van der Waals surface area contributed by atoms with Crippen LogP contribution in [0.25, 0.3) is 11.0 Å². The summed E-state index contributed by atoms with van der Waals surface area (Å²) in [5.41, 5.74) is 10.2. The first kappa shape index (κ1) is 21.9. The predicted molar refractivity (Wildman–Crippen MR) is 131 cm³/mol. The van der Waals surface area contributed by atoms with Gasteiger partial charge in [-0.25, -0.2) is 10.0 Å². The van der Waals surface area contributed by atoms with Gasteiger partial charge in [0.2, 0.25) is 0 Å². The number of benzene rings is 3. The number of anilines is 2. The third-order valence-electron chi connectivity index (χ3n) is 5.91. The average molecular weight is 477 g/mol. The summed E-state index contributed by atoms with van der Waals surface area (Å²) in [6, 6.07) is 19.7. The van der Waals surface area contributed by atoms with Gasteiger partial charge in [-0.05, 0) is 60.5 Å². The smallest absolute Gasteiger partial charge is 0.317 e. The molecule has 0 saturated heterocycles. The number of imidazole rings is 1. The van der Waals surface area contributed by atoms with Crippen LogP contribution >= 0.6 is 0 Å². The highest BCUT2D eigenvalue weighted by atomic mass is 32.2. The lowest BCUT2D eigenvalue weighted by molar-refractivity contribution is 0.292. The minimum atomic E-state index is -4.01. The number of aromatic nitrogens is 2. The van der Waals surface area contributed by atoms with Crippen LogP contribution < -0.4 is 16.1 Å². The summed E-state index contributed by atoms with van der Waals surface area (Å²) in [6.07, 6.45) is 0.735. The lowest BCUT2D eigenvalue weighted by Gasteiger charge is -2.17. The second-order valence-corrected chi connectivity index (χ2v) is 9.62. The van der Waals surface area contributed by atoms with Crippen LogP contribution in [0.2, 0.25) is 0 Å². The second-order valence-electron chi connectivity index (χ2n) is 8.09. The monoisotopic (exact) mass is 476 g/mol. The maximum atomic E-state index is 13.0. The van der Waals surface area contributed by atoms with Crippen molar-refractivity contribution in [3.05, 3.63) is 83.7 Å². The van der Waals surface area contributed by atoms with Gasteiger partial charge in [0.25, 0.3) is 0 Å². The number of amidine groups is 1. The number of fused-ring (bicyclic) bond motifs is 2. The molecule has 0 saturated carbocycles. The molecule has 34 heavy (non-hydrogen) atoms. The molecule has 2 heterocycles. The first-order valence-corrected chi connectivity index (χ1v) is 12.2. The van der Waals surface area contributed by atoms with Crippen LogP contribution in [0.15, 0.2) is 71.6 Å². The SMILES string of the molecule is Cn1c(CNc2ccc(C(=N)N)cc2)nc2cc(S(=O)(=O)ON3CCc4ccccc43)ccc21. The number of nitrogens with two attached hydrogens (primary N) is 1. The Hall–Kier alpha value is -3.89. The first-order chi connectivity index (χ1) is 16.3. The molecule has 1 aromatic heterocycles. The molecule has 1 aliphatic rings. The Morgan fingerprint density at radius 1 is 1.15 bits per heavy atom. The summed E-state index contributed by atoms with van der Waals surface area (Å²) < 4.78 is 33.3. The van der Waals surface area contributed by atoms with Crippen molar-refractivity contribution in [2.24, 2.45) is 12.8 Å². The molecule has 3 aromatic carbocycles. The second kappa shape index (κ2) is 8.47. The molecule has 174 valence electrons. The van der Waals surface area contributed by atoms with Gasteiger partial charge in [0.1, 0.15) is 11.7 Å². The summed E-state index contributed by atoms with van der Waals surface area (Å²) in [4.78, 5) is 4.69. The number of hydrogen-bond donors (Lipinski definition) is 3. The average Bonchev–Trinajstić information content (AvgIpc) is 3.38. The van der Waals surface area contributed by atoms with E-state index in [9.17, 15) is 8.42 Å². The molecule has 0 fully saturated rings.